The molecule has 6 nitrogen and oxygen atoms in total. The Morgan fingerprint density at radius 2 is 1.61 bits per heavy atom. The lowest BCUT2D eigenvalue weighted by Crippen LogP contribution is -2.63. The number of carbonyl (C=O) groups is 3. The van der Waals surface area contributed by atoms with E-state index in [9.17, 15) is 14.4 Å². The van der Waals surface area contributed by atoms with E-state index in [1.54, 1.807) is 25.3 Å². The predicted octanol–water partition coefficient (Wildman–Crippen LogP) is 2.90. The second-order valence-corrected chi connectivity index (χ2v) is 7.85. The monoisotopic (exact) mass is 443 g/mol. The van der Waals surface area contributed by atoms with Crippen molar-refractivity contribution in [3.05, 3.63) is 109 Å². The number of hydrogen-bond donors (Lipinski definition) is 1. The van der Waals surface area contributed by atoms with Crippen LogP contribution < -0.4 is 5.32 Å². The van der Waals surface area contributed by atoms with Gasteiger partial charge >= 0.3 is 0 Å². The molecule has 0 radical (unpaired) electrons. The molecule has 1 fully saturated rings. The SMILES string of the molecule is C=C/C=C(\C=C)CNC(=O)C1C(=O)N(C)CCN1C(=O)C(c1ccccc1)c1ccccc1. The molecule has 0 spiro atoms. The Bertz CT molecular complexity index is 1010. The van der Waals surface area contributed by atoms with Gasteiger partial charge in [-0.2, -0.15) is 0 Å². The maximum Gasteiger partial charge on any atom is 0.254 e. The van der Waals surface area contributed by atoms with Gasteiger partial charge in [0.05, 0.1) is 5.92 Å². The van der Waals surface area contributed by atoms with E-state index < -0.39 is 23.8 Å². The fourth-order valence-electron chi connectivity index (χ4n) is 3.90. The first-order valence-corrected chi connectivity index (χ1v) is 10.8. The van der Waals surface area contributed by atoms with Crippen LogP contribution in [-0.2, 0) is 14.4 Å². The van der Waals surface area contributed by atoms with Gasteiger partial charge in [-0.3, -0.25) is 14.4 Å². The Balaban J connectivity index is 1.94. The Morgan fingerprint density at radius 3 is 2.12 bits per heavy atom. The molecule has 1 unspecified atom stereocenters. The van der Waals surface area contributed by atoms with Crippen LogP contribution in [0.3, 0.4) is 0 Å². The topological polar surface area (TPSA) is 69.7 Å². The maximum absolute atomic E-state index is 13.9. The van der Waals surface area contributed by atoms with Crippen LogP contribution in [0.15, 0.2) is 97.6 Å². The summed E-state index contributed by atoms with van der Waals surface area (Å²) in [5.41, 5.74) is 2.36. The summed E-state index contributed by atoms with van der Waals surface area (Å²) in [4.78, 5) is 43.0. The number of piperazine rings is 1. The molecule has 1 heterocycles. The van der Waals surface area contributed by atoms with E-state index in [0.717, 1.165) is 16.7 Å². The average Bonchev–Trinajstić information content (AvgIpc) is 2.84. The Kier molecular flexibility index (Phi) is 7.97. The van der Waals surface area contributed by atoms with Crippen molar-refractivity contribution in [1.29, 1.82) is 0 Å². The van der Waals surface area contributed by atoms with Crippen LogP contribution in [0, 0.1) is 0 Å². The molecule has 1 N–H and O–H groups in total. The highest BCUT2D eigenvalue weighted by Gasteiger charge is 2.43. The zero-order valence-electron chi connectivity index (χ0n) is 18.8. The van der Waals surface area contributed by atoms with E-state index >= 15 is 0 Å². The van der Waals surface area contributed by atoms with Crippen LogP contribution in [0.2, 0.25) is 0 Å². The molecule has 3 amide bonds. The van der Waals surface area contributed by atoms with Gasteiger partial charge in [-0.1, -0.05) is 92.0 Å². The van der Waals surface area contributed by atoms with Crippen molar-refractivity contribution in [3.63, 3.8) is 0 Å². The molecule has 0 aromatic heterocycles. The smallest absolute Gasteiger partial charge is 0.254 e. The molecule has 33 heavy (non-hydrogen) atoms. The summed E-state index contributed by atoms with van der Waals surface area (Å²) in [5.74, 6) is -1.82. The highest BCUT2D eigenvalue weighted by molar-refractivity contribution is 6.08. The number of nitrogens with zero attached hydrogens (tertiary/aromatic N) is 2. The van der Waals surface area contributed by atoms with Gasteiger partial charge in [0.2, 0.25) is 5.91 Å². The van der Waals surface area contributed by atoms with Crippen LogP contribution in [0.1, 0.15) is 17.0 Å². The lowest BCUT2D eigenvalue weighted by molar-refractivity contribution is -0.156. The summed E-state index contributed by atoms with van der Waals surface area (Å²) in [6.45, 7) is 8.19. The van der Waals surface area contributed by atoms with Crippen LogP contribution in [-0.4, -0.2) is 60.2 Å². The van der Waals surface area contributed by atoms with E-state index in [1.807, 2.05) is 60.7 Å². The van der Waals surface area contributed by atoms with Gasteiger partial charge in [0.25, 0.3) is 11.8 Å². The summed E-state index contributed by atoms with van der Waals surface area (Å²) in [6.07, 6.45) is 4.94. The first-order valence-electron chi connectivity index (χ1n) is 10.8. The molecule has 3 rings (SSSR count). The minimum atomic E-state index is -1.24. The molecule has 2 aromatic rings. The zero-order chi connectivity index (χ0) is 23.8. The van der Waals surface area contributed by atoms with Crippen molar-refractivity contribution in [2.45, 2.75) is 12.0 Å². The molecule has 170 valence electrons. The Hall–Kier alpha value is -3.93. The van der Waals surface area contributed by atoms with Gasteiger partial charge in [0.1, 0.15) is 0 Å². The van der Waals surface area contributed by atoms with E-state index in [1.165, 1.54) is 9.80 Å². The van der Waals surface area contributed by atoms with Crippen molar-refractivity contribution in [3.8, 4) is 0 Å². The van der Waals surface area contributed by atoms with E-state index in [0.29, 0.717) is 6.54 Å². The van der Waals surface area contributed by atoms with Gasteiger partial charge in [0, 0.05) is 26.7 Å². The van der Waals surface area contributed by atoms with Gasteiger partial charge in [0.15, 0.2) is 6.04 Å². The molecule has 1 aliphatic rings. The minimum absolute atomic E-state index is 0.185. The highest BCUT2D eigenvalue weighted by atomic mass is 16.2. The number of carbonyl (C=O) groups excluding carboxylic acids is 3. The maximum atomic E-state index is 13.9. The predicted molar refractivity (Wildman–Crippen MR) is 129 cm³/mol. The van der Waals surface area contributed by atoms with E-state index in [-0.39, 0.29) is 19.0 Å². The standard InChI is InChI=1S/C27H29N3O3/c1-4-12-20(5-2)19-28-25(31)24-27(33)29(3)17-18-30(24)26(32)23(21-13-8-6-9-14-21)22-15-10-7-11-16-22/h4-16,23-24H,1-2,17-19H2,3H3,(H,28,31)/b20-12+. The van der Waals surface area contributed by atoms with Gasteiger partial charge < -0.3 is 15.1 Å². The molecule has 2 aromatic carbocycles. The number of likely N-dealkylation sites (N-methyl/N-ethyl adjacent to an activating group) is 1. The van der Waals surface area contributed by atoms with Gasteiger partial charge in [-0.15, -0.1) is 0 Å². The molecular weight excluding hydrogens is 414 g/mol. The third kappa shape index (κ3) is 5.47. The van der Waals surface area contributed by atoms with Crippen molar-refractivity contribution in [2.24, 2.45) is 0 Å². The van der Waals surface area contributed by atoms with Crippen molar-refractivity contribution < 1.29 is 14.4 Å². The summed E-state index contributed by atoms with van der Waals surface area (Å²) in [6, 6.07) is 17.6. The van der Waals surface area contributed by atoms with Crippen LogP contribution in [0.5, 0.6) is 0 Å². The van der Waals surface area contributed by atoms with Crippen LogP contribution in [0.25, 0.3) is 0 Å². The number of benzene rings is 2. The van der Waals surface area contributed by atoms with Crippen molar-refractivity contribution in [1.82, 2.24) is 15.1 Å². The van der Waals surface area contributed by atoms with Crippen LogP contribution in [0.4, 0.5) is 0 Å². The third-order valence-corrected chi connectivity index (χ3v) is 5.70. The minimum Gasteiger partial charge on any atom is -0.350 e. The third-order valence-electron chi connectivity index (χ3n) is 5.70. The number of amides is 3. The second-order valence-electron chi connectivity index (χ2n) is 7.85. The molecular formula is C27H29N3O3. The molecule has 0 bridgehead atoms. The molecule has 0 saturated carbocycles. The quantitative estimate of drug-likeness (QED) is 0.504. The first kappa shape index (κ1) is 23.7. The van der Waals surface area contributed by atoms with E-state index in [2.05, 4.69) is 18.5 Å². The molecule has 6 heteroatoms. The largest absolute Gasteiger partial charge is 0.350 e. The van der Waals surface area contributed by atoms with Crippen molar-refractivity contribution in [2.75, 3.05) is 26.7 Å². The zero-order valence-corrected chi connectivity index (χ0v) is 18.8. The summed E-state index contributed by atoms with van der Waals surface area (Å²) < 4.78 is 0. The van der Waals surface area contributed by atoms with Gasteiger partial charge in [-0.25, -0.2) is 0 Å². The van der Waals surface area contributed by atoms with Gasteiger partial charge in [-0.05, 0) is 16.7 Å². The lowest BCUT2D eigenvalue weighted by Gasteiger charge is -2.39. The number of rotatable bonds is 8. The summed E-state index contributed by atoms with van der Waals surface area (Å²) >= 11 is 0. The normalized spacial score (nSPS) is 16.5. The fraction of sp³-hybridized carbons (Fsp3) is 0.222. The first-order chi connectivity index (χ1) is 16.0. The van der Waals surface area contributed by atoms with Crippen LogP contribution >= 0.6 is 0 Å². The van der Waals surface area contributed by atoms with E-state index in [4.69, 9.17) is 0 Å². The fourth-order valence-corrected chi connectivity index (χ4v) is 3.90. The number of allylic oxidation sites excluding steroid dienone is 2. The van der Waals surface area contributed by atoms with Crippen molar-refractivity contribution >= 4 is 17.7 Å². The molecule has 0 aliphatic carbocycles. The summed E-state index contributed by atoms with van der Waals surface area (Å²) in [7, 11) is 1.64. The molecule has 1 aliphatic heterocycles. The molecule has 1 atom stereocenters. The Labute approximate surface area is 194 Å². The average molecular weight is 444 g/mol. The lowest BCUT2D eigenvalue weighted by atomic mass is 9.89. The molecule has 1 saturated heterocycles. The second kappa shape index (κ2) is 11.1. The number of hydrogen-bond acceptors (Lipinski definition) is 3. The Morgan fingerprint density at radius 1 is 1.03 bits per heavy atom. The highest BCUT2D eigenvalue weighted by Crippen LogP contribution is 2.28. The number of nitrogens with one attached hydrogen (secondary N) is 1. The summed E-state index contributed by atoms with van der Waals surface area (Å²) in [5, 5.41) is 2.77.